The fourth-order valence-electron chi connectivity index (χ4n) is 1.79. The minimum absolute atomic E-state index is 0.987. The lowest BCUT2D eigenvalue weighted by atomic mass is 10.3. The molecule has 0 bridgehead atoms. The Labute approximate surface area is 75.2 Å². The van der Waals surface area contributed by atoms with Crippen LogP contribution in [0.15, 0.2) is 36.7 Å². The number of hydrogen-bond donors (Lipinski definition) is 0. The summed E-state index contributed by atoms with van der Waals surface area (Å²) in [6.07, 6.45) is 3.80. The van der Waals surface area contributed by atoms with Crippen molar-refractivity contribution in [2.45, 2.75) is 0 Å². The minimum atomic E-state index is 0.987. The summed E-state index contributed by atoms with van der Waals surface area (Å²) < 4.78 is 4.19. The first-order chi connectivity index (χ1) is 6.38. The summed E-state index contributed by atoms with van der Waals surface area (Å²) in [5.41, 5.74) is 2.42. The standard InChI is InChI=1S/C10H9N3/c1-12-8-4-2-3-5-9(8)13-7-6-11-10(12)13/h2-7H,1H3. The maximum absolute atomic E-state index is 4.28. The van der Waals surface area contributed by atoms with E-state index in [-0.39, 0.29) is 0 Å². The molecule has 0 N–H and O–H groups in total. The summed E-state index contributed by atoms with van der Waals surface area (Å²) in [4.78, 5) is 4.28. The Bertz CT molecular complexity index is 574. The molecule has 1 aromatic carbocycles. The van der Waals surface area contributed by atoms with Crippen LogP contribution in [-0.2, 0) is 7.05 Å². The molecule has 64 valence electrons. The average Bonchev–Trinajstić information content (AvgIpc) is 2.72. The van der Waals surface area contributed by atoms with Crippen LogP contribution in [0.5, 0.6) is 0 Å². The number of fused-ring (bicyclic) bond motifs is 3. The Kier molecular flexibility index (Phi) is 1.10. The van der Waals surface area contributed by atoms with Crippen molar-refractivity contribution in [2.24, 2.45) is 7.05 Å². The Morgan fingerprint density at radius 2 is 1.92 bits per heavy atom. The summed E-state index contributed by atoms with van der Waals surface area (Å²) in [5, 5.41) is 0. The van der Waals surface area contributed by atoms with E-state index in [2.05, 4.69) is 26.1 Å². The number of aromatic nitrogens is 3. The van der Waals surface area contributed by atoms with E-state index in [0.29, 0.717) is 0 Å². The van der Waals surface area contributed by atoms with Gasteiger partial charge in [0, 0.05) is 19.4 Å². The predicted octanol–water partition coefficient (Wildman–Crippen LogP) is 1.83. The predicted molar refractivity (Wildman–Crippen MR) is 51.7 cm³/mol. The Morgan fingerprint density at radius 3 is 2.77 bits per heavy atom. The summed E-state index contributed by atoms with van der Waals surface area (Å²) in [7, 11) is 2.03. The highest BCUT2D eigenvalue weighted by molar-refractivity contribution is 5.80. The number of aryl methyl sites for hydroxylation is 1. The zero-order valence-electron chi connectivity index (χ0n) is 7.31. The summed E-state index contributed by atoms with van der Waals surface area (Å²) in [6.45, 7) is 0. The van der Waals surface area contributed by atoms with Gasteiger partial charge in [0.25, 0.3) is 0 Å². The van der Waals surface area contributed by atoms with Crippen molar-refractivity contribution in [1.29, 1.82) is 0 Å². The number of nitrogens with zero attached hydrogens (tertiary/aromatic N) is 3. The largest absolute Gasteiger partial charge is 0.313 e. The Hall–Kier alpha value is -1.77. The molecular formula is C10H9N3. The molecule has 0 aliphatic rings. The molecule has 13 heavy (non-hydrogen) atoms. The molecule has 0 atom stereocenters. The van der Waals surface area contributed by atoms with E-state index >= 15 is 0 Å². The van der Waals surface area contributed by atoms with Gasteiger partial charge in [-0.2, -0.15) is 0 Å². The van der Waals surface area contributed by atoms with E-state index in [4.69, 9.17) is 0 Å². The second-order valence-electron chi connectivity index (χ2n) is 3.14. The normalized spacial score (nSPS) is 11.5. The third-order valence-corrected chi connectivity index (χ3v) is 2.42. The van der Waals surface area contributed by atoms with Crippen molar-refractivity contribution in [3.63, 3.8) is 0 Å². The third-order valence-electron chi connectivity index (χ3n) is 2.42. The van der Waals surface area contributed by atoms with E-state index in [1.54, 1.807) is 0 Å². The zero-order valence-corrected chi connectivity index (χ0v) is 7.31. The lowest BCUT2D eigenvalue weighted by Crippen LogP contribution is -1.87. The van der Waals surface area contributed by atoms with Crippen molar-refractivity contribution in [3.8, 4) is 0 Å². The van der Waals surface area contributed by atoms with Gasteiger partial charge in [0.1, 0.15) is 0 Å². The Balaban J connectivity index is 2.72. The van der Waals surface area contributed by atoms with Gasteiger partial charge in [-0.15, -0.1) is 0 Å². The molecule has 0 aliphatic heterocycles. The number of para-hydroxylation sites is 2. The molecule has 0 unspecified atom stereocenters. The molecule has 0 radical (unpaired) electrons. The van der Waals surface area contributed by atoms with Crippen molar-refractivity contribution >= 4 is 16.8 Å². The molecule has 3 aromatic rings. The molecule has 0 aliphatic carbocycles. The van der Waals surface area contributed by atoms with Gasteiger partial charge in [-0.1, -0.05) is 12.1 Å². The number of rotatable bonds is 0. The highest BCUT2D eigenvalue weighted by Gasteiger charge is 2.05. The highest BCUT2D eigenvalue weighted by Crippen LogP contribution is 2.17. The minimum Gasteiger partial charge on any atom is -0.313 e. The van der Waals surface area contributed by atoms with Crippen molar-refractivity contribution in [2.75, 3.05) is 0 Å². The van der Waals surface area contributed by atoms with E-state index in [0.717, 1.165) is 5.78 Å². The molecule has 3 heteroatoms. The van der Waals surface area contributed by atoms with Gasteiger partial charge in [0.15, 0.2) is 0 Å². The Morgan fingerprint density at radius 1 is 1.15 bits per heavy atom. The first kappa shape index (κ1) is 6.71. The molecule has 0 saturated heterocycles. The maximum atomic E-state index is 4.28. The third kappa shape index (κ3) is 0.710. The summed E-state index contributed by atoms with van der Waals surface area (Å²) >= 11 is 0. The quantitative estimate of drug-likeness (QED) is 0.505. The van der Waals surface area contributed by atoms with E-state index in [9.17, 15) is 0 Å². The van der Waals surface area contributed by atoms with E-state index in [1.807, 2.05) is 31.6 Å². The van der Waals surface area contributed by atoms with Crippen LogP contribution in [0.2, 0.25) is 0 Å². The molecular weight excluding hydrogens is 162 g/mol. The van der Waals surface area contributed by atoms with Crippen molar-refractivity contribution < 1.29 is 0 Å². The lowest BCUT2D eigenvalue weighted by Gasteiger charge is -1.92. The van der Waals surface area contributed by atoms with Crippen LogP contribution in [0.4, 0.5) is 0 Å². The number of hydrogen-bond acceptors (Lipinski definition) is 1. The van der Waals surface area contributed by atoms with Crippen LogP contribution in [-0.4, -0.2) is 14.0 Å². The van der Waals surface area contributed by atoms with Crippen LogP contribution in [0.1, 0.15) is 0 Å². The van der Waals surface area contributed by atoms with E-state index in [1.165, 1.54) is 11.0 Å². The van der Waals surface area contributed by atoms with Gasteiger partial charge in [0.2, 0.25) is 5.78 Å². The fourth-order valence-corrected chi connectivity index (χ4v) is 1.79. The molecule has 0 saturated carbocycles. The fraction of sp³-hybridized carbons (Fsp3) is 0.100. The average molecular weight is 171 g/mol. The first-order valence-electron chi connectivity index (χ1n) is 4.24. The van der Waals surface area contributed by atoms with Crippen LogP contribution in [0, 0.1) is 0 Å². The summed E-state index contributed by atoms with van der Waals surface area (Å²) in [5.74, 6) is 0.987. The smallest absolute Gasteiger partial charge is 0.214 e. The van der Waals surface area contributed by atoms with Gasteiger partial charge in [-0.05, 0) is 12.1 Å². The van der Waals surface area contributed by atoms with Crippen LogP contribution < -0.4 is 0 Å². The maximum Gasteiger partial charge on any atom is 0.214 e. The molecule has 2 aromatic heterocycles. The molecule has 0 amide bonds. The number of benzene rings is 1. The van der Waals surface area contributed by atoms with Gasteiger partial charge in [-0.3, -0.25) is 4.40 Å². The molecule has 3 rings (SSSR count). The molecule has 0 fully saturated rings. The lowest BCUT2D eigenvalue weighted by molar-refractivity contribution is 0.970. The van der Waals surface area contributed by atoms with Gasteiger partial charge >= 0.3 is 0 Å². The zero-order chi connectivity index (χ0) is 8.84. The van der Waals surface area contributed by atoms with Crippen molar-refractivity contribution in [1.82, 2.24) is 14.0 Å². The SMILES string of the molecule is Cn1c2ccccc2n2ccnc12. The van der Waals surface area contributed by atoms with Crippen LogP contribution in [0.25, 0.3) is 16.8 Å². The second kappa shape index (κ2) is 2.13. The monoisotopic (exact) mass is 171 g/mol. The van der Waals surface area contributed by atoms with Gasteiger partial charge in [0.05, 0.1) is 11.0 Å². The molecule has 0 spiro atoms. The first-order valence-corrected chi connectivity index (χ1v) is 4.24. The van der Waals surface area contributed by atoms with Crippen LogP contribution >= 0.6 is 0 Å². The number of imidazole rings is 2. The van der Waals surface area contributed by atoms with E-state index < -0.39 is 0 Å². The highest BCUT2D eigenvalue weighted by atomic mass is 15.2. The topological polar surface area (TPSA) is 22.2 Å². The van der Waals surface area contributed by atoms with Gasteiger partial charge in [-0.25, -0.2) is 4.98 Å². The molecule has 2 heterocycles. The molecule has 3 nitrogen and oxygen atoms in total. The second-order valence-corrected chi connectivity index (χ2v) is 3.14. The van der Waals surface area contributed by atoms with Gasteiger partial charge < -0.3 is 4.57 Å². The summed E-state index contributed by atoms with van der Waals surface area (Å²) in [6, 6.07) is 8.29. The van der Waals surface area contributed by atoms with Crippen molar-refractivity contribution in [3.05, 3.63) is 36.7 Å². The van der Waals surface area contributed by atoms with Crippen LogP contribution in [0.3, 0.4) is 0 Å².